The van der Waals surface area contributed by atoms with E-state index in [1.54, 1.807) is 0 Å². The predicted molar refractivity (Wildman–Crippen MR) is 103 cm³/mol. The van der Waals surface area contributed by atoms with Crippen LogP contribution < -0.4 is 0 Å². The van der Waals surface area contributed by atoms with Gasteiger partial charge in [-0.15, -0.1) is 0 Å². The Kier molecular flexibility index (Phi) is 5.90. The minimum atomic E-state index is 0.752. The highest BCUT2D eigenvalue weighted by Gasteiger charge is 2.01. The number of nitrogens with zero attached hydrogens (tertiary/aromatic N) is 2. The van der Waals surface area contributed by atoms with Crippen molar-refractivity contribution in [1.29, 1.82) is 0 Å². The quantitative estimate of drug-likeness (QED) is 0.657. The van der Waals surface area contributed by atoms with E-state index in [4.69, 9.17) is 0 Å². The average molecular weight is 314 g/mol. The third-order valence-electron chi connectivity index (χ3n) is 3.94. The van der Waals surface area contributed by atoms with Crippen molar-refractivity contribution in [2.24, 2.45) is 9.98 Å². The maximum Gasteiger partial charge on any atom is 0.0643 e. The fraction of sp³-hybridized carbons (Fsp3) is 0.182. The molecule has 120 valence electrons. The summed E-state index contributed by atoms with van der Waals surface area (Å²) in [6, 6.07) is 20.7. The molecule has 24 heavy (non-hydrogen) atoms. The van der Waals surface area contributed by atoms with Crippen molar-refractivity contribution in [2.45, 2.75) is 25.9 Å². The minimum absolute atomic E-state index is 0.752. The van der Waals surface area contributed by atoms with Crippen molar-refractivity contribution < 1.29 is 0 Å². The van der Waals surface area contributed by atoms with Crippen molar-refractivity contribution >= 4 is 11.9 Å². The molecule has 0 aromatic heterocycles. The first-order chi connectivity index (χ1) is 11.9. The lowest BCUT2D eigenvalue weighted by Crippen LogP contribution is -1.99. The Morgan fingerprint density at radius 3 is 2.08 bits per heavy atom. The molecule has 2 nitrogen and oxygen atoms in total. The molecule has 0 saturated carbocycles. The lowest BCUT2D eigenvalue weighted by Gasteiger charge is -2.07. The molecule has 2 aromatic carbocycles. The molecule has 1 aliphatic carbocycles. The summed E-state index contributed by atoms with van der Waals surface area (Å²) in [5.74, 6) is 0. The van der Waals surface area contributed by atoms with Crippen LogP contribution in [0, 0.1) is 0 Å². The monoisotopic (exact) mass is 314 g/mol. The van der Waals surface area contributed by atoms with Crippen LogP contribution in [0.3, 0.4) is 0 Å². The average Bonchev–Trinajstić information content (AvgIpc) is 2.66. The van der Waals surface area contributed by atoms with E-state index < -0.39 is 0 Å². The van der Waals surface area contributed by atoms with Gasteiger partial charge in [0.15, 0.2) is 0 Å². The highest BCUT2D eigenvalue weighted by molar-refractivity contribution is 5.97. The Hall–Kier alpha value is -2.74. The lowest BCUT2D eigenvalue weighted by molar-refractivity contribution is 1.05. The number of hydrogen-bond donors (Lipinski definition) is 0. The topological polar surface area (TPSA) is 24.7 Å². The van der Waals surface area contributed by atoms with Gasteiger partial charge in [-0.2, -0.15) is 0 Å². The zero-order valence-electron chi connectivity index (χ0n) is 13.8. The molecule has 0 bridgehead atoms. The van der Waals surface area contributed by atoms with Gasteiger partial charge in [0, 0.05) is 24.8 Å². The fourth-order valence-electron chi connectivity index (χ4n) is 2.54. The van der Waals surface area contributed by atoms with E-state index >= 15 is 0 Å². The summed E-state index contributed by atoms with van der Waals surface area (Å²) in [6.07, 6.45) is 10.3. The second-order valence-electron chi connectivity index (χ2n) is 5.82. The molecule has 2 heteroatoms. The summed E-state index contributed by atoms with van der Waals surface area (Å²) < 4.78 is 0. The zero-order valence-corrected chi connectivity index (χ0v) is 13.8. The van der Waals surface area contributed by atoms with Gasteiger partial charge in [-0.05, 0) is 22.8 Å². The van der Waals surface area contributed by atoms with E-state index in [0.717, 1.165) is 31.6 Å². The van der Waals surface area contributed by atoms with Gasteiger partial charge in [-0.25, -0.2) is 0 Å². The highest BCUT2D eigenvalue weighted by atomic mass is 14.7. The van der Waals surface area contributed by atoms with Crippen LogP contribution in [-0.4, -0.2) is 11.9 Å². The Morgan fingerprint density at radius 1 is 0.792 bits per heavy atom. The van der Waals surface area contributed by atoms with Crippen molar-refractivity contribution in [1.82, 2.24) is 0 Å². The van der Waals surface area contributed by atoms with Crippen molar-refractivity contribution in [3.05, 3.63) is 95.6 Å². The molecule has 0 aliphatic heterocycles. The standard InChI is InChI=1S/C22H22N2/c1-3-7-20(8-4-1)17-23-16-15-19-11-13-22(14-12-19)24-18-21-9-5-2-6-10-21/h1-13,16H,14-15,17-18H2. The van der Waals surface area contributed by atoms with Gasteiger partial charge in [0.2, 0.25) is 0 Å². The van der Waals surface area contributed by atoms with Crippen LogP contribution in [0.5, 0.6) is 0 Å². The molecule has 0 fully saturated rings. The predicted octanol–water partition coefficient (Wildman–Crippen LogP) is 5.18. The Morgan fingerprint density at radius 2 is 1.46 bits per heavy atom. The van der Waals surface area contributed by atoms with Gasteiger partial charge in [-0.3, -0.25) is 9.98 Å². The molecule has 0 atom stereocenters. The molecule has 0 spiro atoms. The van der Waals surface area contributed by atoms with E-state index in [1.807, 2.05) is 30.5 Å². The number of allylic oxidation sites excluding steroid dienone is 4. The van der Waals surface area contributed by atoms with E-state index in [1.165, 1.54) is 16.7 Å². The Bertz CT molecular complexity index is 753. The van der Waals surface area contributed by atoms with E-state index in [2.05, 4.69) is 64.6 Å². The second-order valence-corrected chi connectivity index (χ2v) is 5.82. The molecule has 0 heterocycles. The summed E-state index contributed by atoms with van der Waals surface area (Å²) >= 11 is 0. The summed E-state index contributed by atoms with van der Waals surface area (Å²) in [5.41, 5.74) is 4.95. The SMILES string of the molecule is C1=CC(=NCc2ccccc2)CC=C1CC=NCc1ccccc1. The molecule has 2 aromatic rings. The van der Waals surface area contributed by atoms with Crippen LogP contribution >= 0.6 is 0 Å². The smallest absolute Gasteiger partial charge is 0.0643 e. The zero-order chi connectivity index (χ0) is 16.5. The summed E-state index contributed by atoms with van der Waals surface area (Å²) in [7, 11) is 0. The van der Waals surface area contributed by atoms with E-state index in [-0.39, 0.29) is 0 Å². The Balaban J connectivity index is 1.45. The van der Waals surface area contributed by atoms with Crippen LogP contribution in [0.2, 0.25) is 0 Å². The van der Waals surface area contributed by atoms with Gasteiger partial charge >= 0.3 is 0 Å². The summed E-state index contributed by atoms with van der Waals surface area (Å²) in [4.78, 5) is 9.18. The molecular formula is C22H22N2. The van der Waals surface area contributed by atoms with Gasteiger partial charge in [0.1, 0.15) is 0 Å². The summed E-state index contributed by atoms with van der Waals surface area (Å²) in [5, 5.41) is 0. The molecule has 0 unspecified atom stereocenters. The van der Waals surface area contributed by atoms with Crippen LogP contribution in [-0.2, 0) is 13.1 Å². The number of benzene rings is 2. The molecule has 3 rings (SSSR count). The van der Waals surface area contributed by atoms with E-state index in [9.17, 15) is 0 Å². The largest absolute Gasteiger partial charge is 0.292 e. The normalized spacial score (nSPS) is 15.8. The number of hydrogen-bond acceptors (Lipinski definition) is 2. The van der Waals surface area contributed by atoms with Crippen molar-refractivity contribution in [2.75, 3.05) is 0 Å². The number of aliphatic imine (C=N–C) groups is 2. The number of rotatable bonds is 6. The van der Waals surface area contributed by atoms with E-state index in [0.29, 0.717) is 0 Å². The van der Waals surface area contributed by atoms with Crippen LogP contribution in [0.15, 0.2) is 94.4 Å². The molecule has 0 radical (unpaired) electrons. The molecule has 0 saturated heterocycles. The first-order valence-electron chi connectivity index (χ1n) is 8.37. The van der Waals surface area contributed by atoms with Gasteiger partial charge < -0.3 is 0 Å². The maximum atomic E-state index is 4.68. The van der Waals surface area contributed by atoms with Gasteiger partial charge in [0.25, 0.3) is 0 Å². The van der Waals surface area contributed by atoms with Gasteiger partial charge in [0.05, 0.1) is 13.1 Å². The molecule has 0 amide bonds. The van der Waals surface area contributed by atoms with Crippen molar-refractivity contribution in [3.8, 4) is 0 Å². The van der Waals surface area contributed by atoms with Crippen LogP contribution in [0.25, 0.3) is 0 Å². The maximum absolute atomic E-state index is 4.68. The van der Waals surface area contributed by atoms with Crippen LogP contribution in [0.4, 0.5) is 0 Å². The van der Waals surface area contributed by atoms with Gasteiger partial charge in [-0.1, -0.05) is 72.8 Å². The first kappa shape index (κ1) is 16.1. The third-order valence-corrected chi connectivity index (χ3v) is 3.94. The Labute approximate surface area is 144 Å². The van der Waals surface area contributed by atoms with Crippen molar-refractivity contribution in [3.63, 3.8) is 0 Å². The minimum Gasteiger partial charge on any atom is -0.292 e. The molecule has 1 aliphatic rings. The van der Waals surface area contributed by atoms with Crippen LogP contribution in [0.1, 0.15) is 24.0 Å². The summed E-state index contributed by atoms with van der Waals surface area (Å²) in [6.45, 7) is 1.50. The fourth-order valence-corrected chi connectivity index (χ4v) is 2.54. The lowest BCUT2D eigenvalue weighted by atomic mass is 10.0. The highest BCUT2D eigenvalue weighted by Crippen LogP contribution is 2.12. The molecular weight excluding hydrogens is 292 g/mol. The first-order valence-corrected chi connectivity index (χ1v) is 8.37. The second kappa shape index (κ2) is 8.78. The molecule has 0 N–H and O–H groups in total. The third kappa shape index (κ3) is 5.17.